The van der Waals surface area contributed by atoms with Crippen LogP contribution in [0.5, 0.6) is 0 Å². The molecule has 0 bridgehead atoms. The topological polar surface area (TPSA) is 17.1 Å². The number of carbonyl (C=O) groups is 1. The zero-order chi connectivity index (χ0) is 10.9. The molecule has 0 aromatic carbocycles. The Morgan fingerprint density at radius 2 is 1.40 bits per heavy atom. The molecule has 1 heterocycles. The Balaban J connectivity index is 1.68. The molecule has 2 heteroatoms. The summed E-state index contributed by atoms with van der Waals surface area (Å²) in [7, 11) is 0. The van der Waals surface area contributed by atoms with E-state index in [1.165, 1.54) is 69.5 Å². The highest BCUT2D eigenvalue weighted by Gasteiger charge is 2.34. The van der Waals surface area contributed by atoms with Crippen molar-refractivity contribution in [3.8, 4) is 0 Å². The van der Waals surface area contributed by atoms with Crippen molar-refractivity contribution < 1.29 is 4.79 Å². The van der Waals surface area contributed by atoms with Crippen molar-refractivity contribution in [2.45, 2.75) is 76.4 Å². The van der Waals surface area contributed by atoms with Crippen molar-refractivity contribution >= 4 is 16.9 Å². The number of thioether (sulfide) groups is 1. The van der Waals surface area contributed by atoms with Crippen molar-refractivity contribution in [1.82, 2.24) is 0 Å². The predicted octanol–water partition coefficient (Wildman–Crippen LogP) is 4.55. The van der Waals surface area contributed by atoms with E-state index in [1.807, 2.05) is 0 Å². The second kappa shape index (κ2) is 8.20. The molecule has 1 atom stereocenters. The van der Waals surface area contributed by atoms with Crippen LogP contribution >= 0.6 is 11.8 Å². The first-order chi connectivity index (χ1) is 7.34. The number of carbonyl (C=O) groups excluding carboxylic acids is 1. The molecule has 88 valence electrons. The highest BCUT2D eigenvalue weighted by atomic mass is 32.2. The molecule has 0 radical (unpaired) electrons. The second-order valence-corrected chi connectivity index (χ2v) is 5.75. The average molecular weight is 228 g/mol. The van der Waals surface area contributed by atoms with Gasteiger partial charge in [0, 0.05) is 0 Å². The van der Waals surface area contributed by atoms with Gasteiger partial charge in [-0.2, -0.15) is 0 Å². The second-order valence-electron chi connectivity index (χ2n) is 4.54. The summed E-state index contributed by atoms with van der Waals surface area (Å²) in [4.78, 5) is 10.7. The van der Waals surface area contributed by atoms with E-state index >= 15 is 0 Å². The van der Waals surface area contributed by atoms with E-state index < -0.39 is 0 Å². The van der Waals surface area contributed by atoms with Crippen LogP contribution in [0.4, 0.5) is 0 Å². The van der Waals surface area contributed by atoms with Crippen LogP contribution in [-0.4, -0.2) is 10.4 Å². The van der Waals surface area contributed by atoms with Crippen molar-refractivity contribution in [3.63, 3.8) is 0 Å². The standard InChI is InChI=1S/C13H24OS/c1-2-3-4-5-6-7-8-9-10-11-12-13(14)15-12/h12H,2-11H2,1H3. The van der Waals surface area contributed by atoms with Gasteiger partial charge in [-0.25, -0.2) is 0 Å². The summed E-state index contributed by atoms with van der Waals surface area (Å²) in [6.45, 7) is 2.26. The summed E-state index contributed by atoms with van der Waals surface area (Å²) in [5.74, 6) is 0. The molecule has 0 aliphatic carbocycles. The summed E-state index contributed by atoms with van der Waals surface area (Å²) in [5.41, 5.74) is 0. The largest absolute Gasteiger partial charge is 0.286 e. The third-order valence-corrected chi connectivity index (χ3v) is 4.03. The summed E-state index contributed by atoms with van der Waals surface area (Å²) < 4.78 is 0. The van der Waals surface area contributed by atoms with Gasteiger partial charge in [0.25, 0.3) is 0 Å². The number of rotatable bonds is 10. The first kappa shape index (κ1) is 13.1. The molecule has 15 heavy (non-hydrogen) atoms. The van der Waals surface area contributed by atoms with Crippen molar-refractivity contribution in [2.75, 3.05) is 0 Å². The lowest BCUT2D eigenvalue weighted by Crippen LogP contribution is -1.87. The third-order valence-electron chi connectivity index (χ3n) is 3.03. The smallest absolute Gasteiger partial charge is 0.203 e. The van der Waals surface area contributed by atoms with Crippen molar-refractivity contribution in [1.29, 1.82) is 0 Å². The van der Waals surface area contributed by atoms with Crippen LogP contribution in [0.15, 0.2) is 0 Å². The Hall–Kier alpha value is 0.0200. The first-order valence-corrected chi connectivity index (χ1v) is 7.43. The number of hydrogen-bond donors (Lipinski definition) is 0. The van der Waals surface area contributed by atoms with Gasteiger partial charge in [-0.15, -0.1) is 0 Å². The van der Waals surface area contributed by atoms with Gasteiger partial charge < -0.3 is 0 Å². The quantitative estimate of drug-likeness (QED) is 0.403. The molecule has 0 amide bonds. The van der Waals surface area contributed by atoms with Crippen LogP contribution in [0.2, 0.25) is 0 Å². The zero-order valence-electron chi connectivity index (χ0n) is 9.96. The third kappa shape index (κ3) is 6.99. The molecule has 1 aliphatic heterocycles. The molecule has 0 spiro atoms. The van der Waals surface area contributed by atoms with E-state index in [2.05, 4.69) is 6.92 Å². The van der Waals surface area contributed by atoms with E-state index in [-0.39, 0.29) is 0 Å². The fraction of sp³-hybridized carbons (Fsp3) is 0.923. The maximum absolute atomic E-state index is 10.7. The van der Waals surface area contributed by atoms with Gasteiger partial charge in [-0.1, -0.05) is 76.5 Å². The maximum Gasteiger partial charge on any atom is 0.203 e. The minimum absolute atomic E-state index is 0.398. The lowest BCUT2D eigenvalue weighted by Gasteiger charge is -2.00. The molecule has 1 rings (SSSR count). The predicted molar refractivity (Wildman–Crippen MR) is 68.2 cm³/mol. The van der Waals surface area contributed by atoms with Gasteiger partial charge in [0.05, 0.1) is 5.25 Å². The van der Waals surface area contributed by atoms with Crippen LogP contribution in [-0.2, 0) is 4.79 Å². The highest BCUT2D eigenvalue weighted by Crippen LogP contribution is 2.36. The van der Waals surface area contributed by atoms with E-state index in [0.717, 1.165) is 6.42 Å². The Labute approximate surface area is 98.4 Å². The van der Waals surface area contributed by atoms with Crippen molar-refractivity contribution in [2.24, 2.45) is 0 Å². The van der Waals surface area contributed by atoms with E-state index in [0.29, 0.717) is 10.4 Å². The highest BCUT2D eigenvalue weighted by molar-refractivity contribution is 8.25. The van der Waals surface area contributed by atoms with E-state index in [4.69, 9.17) is 0 Å². The molecular weight excluding hydrogens is 204 g/mol. The summed E-state index contributed by atoms with van der Waals surface area (Å²) in [5, 5.41) is 0.823. The summed E-state index contributed by atoms with van der Waals surface area (Å²) in [6, 6.07) is 0. The lowest BCUT2D eigenvalue weighted by atomic mass is 10.1. The van der Waals surface area contributed by atoms with Crippen LogP contribution in [0.3, 0.4) is 0 Å². The van der Waals surface area contributed by atoms with Crippen LogP contribution < -0.4 is 0 Å². The van der Waals surface area contributed by atoms with Crippen LogP contribution in [0, 0.1) is 0 Å². The van der Waals surface area contributed by atoms with Gasteiger partial charge in [0.2, 0.25) is 5.12 Å². The molecule has 1 nitrogen and oxygen atoms in total. The summed E-state index contributed by atoms with van der Waals surface area (Å²) in [6.07, 6.45) is 13.5. The normalized spacial score (nSPS) is 19.5. The Bertz CT molecular complexity index is 179. The van der Waals surface area contributed by atoms with Gasteiger partial charge in [-0.3, -0.25) is 4.79 Å². The minimum Gasteiger partial charge on any atom is -0.286 e. The molecule has 1 fully saturated rings. The van der Waals surface area contributed by atoms with Gasteiger partial charge in [0.1, 0.15) is 0 Å². The number of hydrogen-bond acceptors (Lipinski definition) is 2. The average Bonchev–Trinajstić information content (AvgIpc) is 2.92. The Kier molecular flexibility index (Phi) is 7.16. The van der Waals surface area contributed by atoms with Gasteiger partial charge in [-0.05, 0) is 6.42 Å². The first-order valence-electron chi connectivity index (χ1n) is 6.55. The summed E-state index contributed by atoms with van der Waals surface area (Å²) >= 11 is 1.53. The zero-order valence-corrected chi connectivity index (χ0v) is 10.8. The monoisotopic (exact) mass is 228 g/mol. The van der Waals surface area contributed by atoms with Gasteiger partial charge >= 0.3 is 0 Å². The molecular formula is C13H24OS. The maximum atomic E-state index is 10.7. The fourth-order valence-electron chi connectivity index (χ4n) is 1.92. The van der Waals surface area contributed by atoms with Crippen LogP contribution in [0.1, 0.15) is 71.1 Å². The van der Waals surface area contributed by atoms with Gasteiger partial charge in [0.15, 0.2) is 0 Å². The van der Waals surface area contributed by atoms with E-state index in [1.54, 1.807) is 0 Å². The molecule has 0 N–H and O–H groups in total. The molecule has 1 unspecified atom stereocenters. The molecule has 1 aliphatic rings. The molecule has 1 saturated heterocycles. The van der Waals surface area contributed by atoms with E-state index in [9.17, 15) is 4.79 Å². The lowest BCUT2D eigenvalue weighted by molar-refractivity contribution is -0.107. The van der Waals surface area contributed by atoms with Crippen molar-refractivity contribution in [3.05, 3.63) is 0 Å². The molecule has 0 aromatic heterocycles. The minimum atomic E-state index is 0.398. The fourth-order valence-corrected chi connectivity index (χ4v) is 2.54. The Morgan fingerprint density at radius 3 is 1.87 bits per heavy atom. The number of unbranched alkanes of at least 4 members (excludes halogenated alkanes) is 8. The van der Waals surface area contributed by atoms with Crippen LogP contribution in [0.25, 0.3) is 0 Å². The Morgan fingerprint density at radius 1 is 0.933 bits per heavy atom. The SMILES string of the molecule is CCCCCCCCCCCC1SC1=O. The molecule has 0 saturated carbocycles. The molecule has 0 aromatic rings.